The Kier molecular flexibility index (Phi) is 4.96. The summed E-state index contributed by atoms with van der Waals surface area (Å²) in [4.78, 5) is 0. The molecular weight excluding hydrogens is 188 g/mol. The average molecular weight is 206 g/mol. The fourth-order valence-corrected chi connectivity index (χ4v) is 1.39. The Morgan fingerprint density at radius 1 is 1.60 bits per heavy atom. The monoisotopic (exact) mass is 206 g/mol. The predicted octanol–water partition coefficient (Wildman–Crippen LogP) is 1.45. The largest absolute Gasteiger partial charge is 0.464 e. The molecule has 0 saturated heterocycles. The Balaban J connectivity index is 2.54. The lowest BCUT2D eigenvalue weighted by atomic mass is 10.2. The zero-order valence-electron chi connectivity index (χ0n) is 9.12. The number of rotatable bonds is 6. The average Bonchev–Trinajstić information content (AvgIpc) is 2.73. The van der Waals surface area contributed by atoms with Crippen molar-refractivity contribution in [3.63, 3.8) is 0 Å². The summed E-state index contributed by atoms with van der Waals surface area (Å²) in [5.41, 5.74) is 5.66. The quantitative estimate of drug-likeness (QED) is 0.547. The lowest BCUT2D eigenvalue weighted by Crippen LogP contribution is -2.28. The molecule has 1 heterocycles. The van der Waals surface area contributed by atoms with Crippen LogP contribution in [-0.2, 0) is 6.42 Å². The summed E-state index contributed by atoms with van der Waals surface area (Å²) in [6, 6.07) is 4.03. The lowest BCUT2D eigenvalue weighted by Gasteiger charge is -2.13. The van der Waals surface area contributed by atoms with Crippen LogP contribution < -0.4 is 11.1 Å². The number of furan rings is 1. The smallest absolute Gasteiger partial charge is 0.122 e. The van der Waals surface area contributed by atoms with E-state index in [9.17, 15) is 0 Å². The Bertz CT molecular complexity index is 325. The fraction of sp³-hybridized carbons (Fsp3) is 0.500. The maximum atomic E-state index is 5.66. The second-order valence-corrected chi connectivity index (χ2v) is 3.35. The first-order chi connectivity index (χ1) is 7.31. The zero-order chi connectivity index (χ0) is 11.1. The number of aryl methyl sites for hydroxylation is 1. The molecule has 1 unspecified atom stereocenters. The summed E-state index contributed by atoms with van der Waals surface area (Å²) in [5.74, 6) is 4.46. The molecule has 0 bridgehead atoms. The molecule has 3 nitrogen and oxygen atoms in total. The van der Waals surface area contributed by atoms with Gasteiger partial charge in [0.05, 0.1) is 6.04 Å². The molecule has 0 fully saturated rings. The minimum Gasteiger partial charge on any atom is -0.464 e. The summed E-state index contributed by atoms with van der Waals surface area (Å²) in [5, 5.41) is 3.26. The van der Waals surface area contributed by atoms with Crippen molar-refractivity contribution in [2.75, 3.05) is 13.1 Å². The van der Waals surface area contributed by atoms with Crippen molar-refractivity contribution in [2.45, 2.75) is 25.8 Å². The third-order valence-corrected chi connectivity index (χ3v) is 2.27. The van der Waals surface area contributed by atoms with Gasteiger partial charge in [-0.3, -0.25) is 0 Å². The second kappa shape index (κ2) is 6.28. The van der Waals surface area contributed by atoms with Gasteiger partial charge in [-0.2, -0.15) is 0 Å². The summed E-state index contributed by atoms with van der Waals surface area (Å²) < 4.78 is 5.62. The van der Waals surface area contributed by atoms with E-state index >= 15 is 0 Å². The molecule has 0 aromatic carbocycles. The fourth-order valence-electron chi connectivity index (χ4n) is 1.39. The molecule has 0 aliphatic carbocycles. The van der Waals surface area contributed by atoms with E-state index in [0.717, 1.165) is 24.5 Å². The van der Waals surface area contributed by atoms with Gasteiger partial charge in [-0.1, -0.05) is 6.92 Å². The minimum atomic E-state index is 0.0682. The van der Waals surface area contributed by atoms with Crippen LogP contribution in [0.3, 0.4) is 0 Å². The summed E-state index contributed by atoms with van der Waals surface area (Å²) in [7, 11) is 0. The zero-order valence-corrected chi connectivity index (χ0v) is 9.12. The van der Waals surface area contributed by atoms with Crippen molar-refractivity contribution >= 4 is 0 Å². The molecule has 1 rings (SSSR count). The highest BCUT2D eigenvalue weighted by molar-refractivity contribution is 5.11. The molecule has 0 aliphatic rings. The normalized spacial score (nSPS) is 12.3. The van der Waals surface area contributed by atoms with E-state index in [-0.39, 0.29) is 6.04 Å². The predicted molar refractivity (Wildman–Crippen MR) is 61.3 cm³/mol. The van der Waals surface area contributed by atoms with Gasteiger partial charge in [0.25, 0.3) is 0 Å². The van der Waals surface area contributed by atoms with Crippen LogP contribution in [0.4, 0.5) is 0 Å². The van der Waals surface area contributed by atoms with E-state index < -0.39 is 0 Å². The van der Waals surface area contributed by atoms with Crippen LogP contribution in [-0.4, -0.2) is 13.1 Å². The van der Waals surface area contributed by atoms with E-state index in [4.69, 9.17) is 16.6 Å². The highest BCUT2D eigenvalue weighted by Gasteiger charge is 2.12. The van der Waals surface area contributed by atoms with Gasteiger partial charge in [0.2, 0.25) is 0 Å². The van der Waals surface area contributed by atoms with Crippen molar-refractivity contribution in [3.8, 4) is 12.3 Å². The molecule has 0 aliphatic heterocycles. The molecule has 15 heavy (non-hydrogen) atoms. The Morgan fingerprint density at radius 2 is 2.40 bits per heavy atom. The van der Waals surface area contributed by atoms with Crippen LogP contribution in [0.25, 0.3) is 0 Å². The van der Waals surface area contributed by atoms with Gasteiger partial charge in [0, 0.05) is 25.9 Å². The standard InChI is InChI=1S/C12H18N2O/c1-3-5-8-14-11(9-13)12-7-6-10(4-2)15-12/h1,6-7,11,14H,4-5,8-9,13H2,2H3. The van der Waals surface area contributed by atoms with E-state index in [0.29, 0.717) is 13.0 Å². The van der Waals surface area contributed by atoms with Crippen LogP contribution in [0.5, 0.6) is 0 Å². The molecule has 3 heteroatoms. The summed E-state index contributed by atoms with van der Waals surface area (Å²) >= 11 is 0. The van der Waals surface area contributed by atoms with Crippen molar-refractivity contribution in [1.82, 2.24) is 5.32 Å². The van der Waals surface area contributed by atoms with E-state index in [1.54, 1.807) is 0 Å². The molecule has 82 valence electrons. The summed E-state index contributed by atoms with van der Waals surface area (Å²) in [6.07, 6.45) is 6.79. The summed E-state index contributed by atoms with van der Waals surface area (Å²) in [6.45, 7) is 3.34. The molecule has 0 radical (unpaired) electrons. The number of terminal acetylenes is 1. The lowest BCUT2D eigenvalue weighted by molar-refractivity contribution is 0.400. The Morgan fingerprint density at radius 3 is 2.93 bits per heavy atom. The van der Waals surface area contributed by atoms with Gasteiger partial charge in [0.1, 0.15) is 11.5 Å². The molecule has 1 aromatic rings. The van der Waals surface area contributed by atoms with Crippen LogP contribution in [0, 0.1) is 12.3 Å². The van der Waals surface area contributed by atoms with Gasteiger partial charge in [-0.25, -0.2) is 0 Å². The first-order valence-corrected chi connectivity index (χ1v) is 5.27. The van der Waals surface area contributed by atoms with Crippen LogP contribution >= 0.6 is 0 Å². The van der Waals surface area contributed by atoms with Gasteiger partial charge in [-0.05, 0) is 12.1 Å². The topological polar surface area (TPSA) is 51.2 Å². The van der Waals surface area contributed by atoms with E-state index in [2.05, 4.69) is 18.2 Å². The molecule has 0 spiro atoms. The van der Waals surface area contributed by atoms with Crippen LogP contribution in [0.2, 0.25) is 0 Å². The van der Waals surface area contributed by atoms with Gasteiger partial charge >= 0.3 is 0 Å². The maximum absolute atomic E-state index is 5.66. The SMILES string of the molecule is C#CCCNC(CN)c1ccc(CC)o1. The Hall–Kier alpha value is -1.24. The molecule has 0 amide bonds. The van der Waals surface area contributed by atoms with Crippen molar-refractivity contribution in [2.24, 2.45) is 5.73 Å². The molecule has 1 aromatic heterocycles. The first-order valence-electron chi connectivity index (χ1n) is 5.27. The number of nitrogens with one attached hydrogen (secondary N) is 1. The minimum absolute atomic E-state index is 0.0682. The van der Waals surface area contributed by atoms with Crippen molar-refractivity contribution in [3.05, 3.63) is 23.7 Å². The molecule has 1 atom stereocenters. The molecule has 0 saturated carbocycles. The third kappa shape index (κ3) is 3.43. The van der Waals surface area contributed by atoms with Gasteiger partial charge < -0.3 is 15.5 Å². The first kappa shape index (κ1) is 11.8. The Labute approximate surface area is 91.0 Å². The molecule has 3 N–H and O–H groups in total. The number of nitrogens with two attached hydrogens (primary N) is 1. The van der Waals surface area contributed by atoms with Crippen molar-refractivity contribution < 1.29 is 4.42 Å². The highest BCUT2D eigenvalue weighted by atomic mass is 16.3. The number of hydrogen-bond donors (Lipinski definition) is 2. The van der Waals surface area contributed by atoms with E-state index in [1.165, 1.54) is 0 Å². The van der Waals surface area contributed by atoms with Crippen molar-refractivity contribution in [1.29, 1.82) is 0 Å². The molecular formula is C12H18N2O. The van der Waals surface area contributed by atoms with Crippen LogP contribution in [0.1, 0.15) is 30.9 Å². The van der Waals surface area contributed by atoms with Crippen LogP contribution in [0.15, 0.2) is 16.5 Å². The van der Waals surface area contributed by atoms with Gasteiger partial charge in [0.15, 0.2) is 0 Å². The van der Waals surface area contributed by atoms with Gasteiger partial charge in [-0.15, -0.1) is 12.3 Å². The van der Waals surface area contributed by atoms with E-state index in [1.807, 2.05) is 12.1 Å². The second-order valence-electron chi connectivity index (χ2n) is 3.35. The highest BCUT2D eigenvalue weighted by Crippen LogP contribution is 2.16. The maximum Gasteiger partial charge on any atom is 0.122 e. The number of hydrogen-bond acceptors (Lipinski definition) is 3. The third-order valence-electron chi connectivity index (χ3n) is 2.27.